The molecule has 1 aliphatic carbocycles. The molecule has 8 heteroatoms. The van der Waals surface area contributed by atoms with E-state index in [1.807, 2.05) is 36.4 Å². The Morgan fingerprint density at radius 1 is 1.11 bits per heavy atom. The van der Waals surface area contributed by atoms with Crippen molar-refractivity contribution in [2.24, 2.45) is 5.73 Å². The molecule has 0 saturated heterocycles. The molecule has 2 aromatic heterocycles. The van der Waals surface area contributed by atoms with Crippen molar-refractivity contribution >= 4 is 28.9 Å². The van der Waals surface area contributed by atoms with Crippen LogP contribution in [0.3, 0.4) is 0 Å². The molecule has 0 radical (unpaired) electrons. The van der Waals surface area contributed by atoms with Crippen LogP contribution in [-0.4, -0.2) is 32.7 Å². The number of urea groups is 1. The minimum absolute atomic E-state index is 0.297. The number of rotatable bonds is 4. The molecule has 0 spiro atoms. The van der Waals surface area contributed by atoms with Crippen LogP contribution < -0.4 is 21.7 Å². The molecule has 27 heavy (non-hydrogen) atoms. The molecule has 1 saturated carbocycles. The normalized spacial score (nSPS) is 19.6. The highest BCUT2D eigenvalue weighted by Gasteiger charge is 2.19. The van der Waals surface area contributed by atoms with Crippen molar-refractivity contribution in [3.63, 3.8) is 0 Å². The van der Waals surface area contributed by atoms with Gasteiger partial charge in [-0.2, -0.15) is 0 Å². The van der Waals surface area contributed by atoms with Crippen LogP contribution in [0.15, 0.2) is 48.8 Å². The van der Waals surface area contributed by atoms with Gasteiger partial charge in [0.25, 0.3) is 0 Å². The molecule has 0 atom stereocenters. The Labute approximate surface area is 157 Å². The summed E-state index contributed by atoms with van der Waals surface area (Å²) >= 11 is 0. The number of amides is 2. The van der Waals surface area contributed by atoms with Crippen LogP contribution in [0.25, 0.3) is 5.65 Å². The highest BCUT2D eigenvalue weighted by atomic mass is 16.2. The Bertz CT molecular complexity index is 916. The van der Waals surface area contributed by atoms with Gasteiger partial charge in [0.1, 0.15) is 5.82 Å². The van der Waals surface area contributed by atoms with E-state index in [1.165, 1.54) is 0 Å². The van der Waals surface area contributed by atoms with E-state index < -0.39 is 0 Å². The number of aromatic nitrogens is 3. The third-order valence-electron chi connectivity index (χ3n) is 4.76. The Kier molecular flexibility index (Phi) is 4.88. The van der Waals surface area contributed by atoms with Crippen molar-refractivity contribution in [1.29, 1.82) is 0 Å². The number of anilines is 3. The first-order valence-corrected chi connectivity index (χ1v) is 9.17. The minimum atomic E-state index is -0.327. The van der Waals surface area contributed by atoms with Crippen LogP contribution in [-0.2, 0) is 0 Å². The van der Waals surface area contributed by atoms with Crippen molar-refractivity contribution in [2.75, 3.05) is 16.0 Å². The lowest BCUT2D eigenvalue weighted by molar-refractivity contribution is 0.262. The lowest BCUT2D eigenvalue weighted by atomic mass is 9.92. The number of hydrogen-bond acceptors (Lipinski definition) is 5. The number of fused-ring (bicyclic) bond motifs is 1. The number of nitrogens with two attached hydrogens (primary N) is 1. The highest BCUT2D eigenvalue weighted by Crippen LogP contribution is 2.23. The average molecular weight is 365 g/mol. The van der Waals surface area contributed by atoms with E-state index in [0.717, 1.165) is 31.4 Å². The lowest BCUT2D eigenvalue weighted by Crippen LogP contribution is -2.33. The maximum absolute atomic E-state index is 12.4. The topological polar surface area (TPSA) is 109 Å². The Hall–Kier alpha value is -3.13. The monoisotopic (exact) mass is 365 g/mol. The average Bonchev–Trinajstić information content (AvgIpc) is 3.13. The summed E-state index contributed by atoms with van der Waals surface area (Å²) in [6.45, 7) is 0. The summed E-state index contributed by atoms with van der Waals surface area (Å²) in [5.74, 6) is 0.705. The van der Waals surface area contributed by atoms with Gasteiger partial charge in [0.2, 0.25) is 0 Å². The van der Waals surface area contributed by atoms with Crippen LogP contribution in [0.2, 0.25) is 0 Å². The number of nitrogens with zero attached hydrogens (tertiary/aromatic N) is 3. The predicted octanol–water partition coefficient (Wildman–Crippen LogP) is 3.06. The molecule has 3 aromatic rings. The van der Waals surface area contributed by atoms with Gasteiger partial charge in [-0.15, -0.1) is 5.10 Å². The molecule has 1 fully saturated rings. The number of carbonyl (C=O) groups excluding carboxylic acids is 1. The Morgan fingerprint density at radius 2 is 1.89 bits per heavy atom. The SMILES string of the molecule is N[C@H]1CC[C@H](Nc2cc(NC(=O)Nc3ccccc3)c3nccn3n2)CC1. The molecular formula is C19H23N7O. The number of benzene rings is 1. The van der Waals surface area contributed by atoms with Crippen LogP contribution in [0.1, 0.15) is 25.7 Å². The van der Waals surface area contributed by atoms with Crippen LogP contribution in [0.4, 0.5) is 22.0 Å². The molecule has 0 aliphatic heterocycles. The lowest BCUT2D eigenvalue weighted by Gasteiger charge is -2.27. The van der Waals surface area contributed by atoms with Gasteiger partial charge in [0.05, 0.1) is 5.69 Å². The van der Waals surface area contributed by atoms with Gasteiger partial charge < -0.3 is 21.7 Å². The molecule has 2 amide bonds. The van der Waals surface area contributed by atoms with E-state index in [9.17, 15) is 4.79 Å². The summed E-state index contributed by atoms with van der Waals surface area (Å²) in [6.07, 6.45) is 7.47. The fourth-order valence-electron chi connectivity index (χ4n) is 3.36. The predicted molar refractivity (Wildman–Crippen MR) is 106 cm³/mol. The molecule has 4 rings (SSSR count). The maximum Gasteiger partial charge on any atom is 0.323 e. The van der Waals surface area contributed by atoms with Crippen molar-refractivity contribution < 1.29 is 4.79 Å². The van der Waals surface area contributed by atoms with E-state index in [1.54, 1.807) is 16.9 Å². The van der Waals surface area contributed by atoms with Gasteiger partial charge in [-0.05, 0) is 37.8 Å². The zero-order chi connectivity index (χ0) is 18.6. The van der Waals surface area contributed by atoms with E-state index in [0.29, 0.717) is 29.2 Å². The largest absolute Gasteiger partial charge is 0.366 e. The fraction of sp³-hybridized carbons (Fsp3) is 0.316. The molecule has 2 heterocycles. The van der Waals surface area contributed by atoms with Crippen molar-refractivity contribution in [1.82, 2.24) is 14.6 Å². The third-order valence-corrected chi connectivity index (χ3v) is 4.76. The number of imidazole rings is 1. The molecule has 0 bridgehead atoms. The zero-order valence-electron chi connectivity index (χ0n) is 14.9. The van der Waals surface area contributed by atoms with E-state index in [2.05, 4.69) is 26.0 Å². The maximum atomic E-state index is 12.4. The van der Waals surface area contributed by atoms with Crippen LogP contribution >= 0.6 is 0 Å². The summed E-state index contributed by atoms with van der Waals surface area (Å²) in [5.41, 5.74) is 7.89. The molecule has 5 N–H and O–H groups in total. The number of carbonyl (C=O) groups is 1. The van der Waals surface area contributed by atoms with Crippen molar-refractivity contribution in [3.8, 4) is 0 Å². The van der Waals surface area contributed by atoms with E-state index in [-0.39, 0.29) is 6.03 Å². The first-order valence-electron chi connectivity index (χ1n) is 9.17. The Morgan fingerprint density at radius 3 is 2.67 bits per heavy atom. The minimum Gasteiger partial charge on any atom is -0.366 e. The molecular weight excluding hydrogens is 342 g/mol. The highest BCUT2D eigenvalue weighted by molar-refractivity contribution is 6.02. The number of hydrogen-bond donors (Lipinski definition) is 4. The summed E-state index contributed by atoms with van der Waals surface area (Å²) in [7, 11) is 0. The fourth-order valence-corrected chi connectivity index (χ4v) is 3.36. The van der Waals surface area contributed by atoms with Gasteiger partial charge >= 0.3 is 6.03 Å². The summed E-state index contributed by atoms with van der Waals surface area (Å²) in [6, 6.07) is 11.4. The second-order valence-corrected chi connectivity index (χ2v) is 6.84. The Balaban J connectivity index is 1.51. The molecule has 8 nitrogen and oxygen atoms in total. The van der Waals surface area contributed by atoms with Crippen molar-refractivity contribution in [3.05, 3.63) is 48.8 Å². The standard InChI is InChI=1S/C19H23N7O/c20-13-6-8-15(9-7-13)22-17-12-16(18-21-10-11-26(18)25-17)24-19(27)23-14-4-2-1-3-5-14/h1-5,10-13,15H,6-9,20H2,(H,22,25)(H2,23,24,27)/t13-,15-. The van der Waals surface area contributed by atoms with Gasteiger partial charge in [0.15, 0.2) is 5.65 Å². The number of nitrogens with one attached hydrogen (secondary N) is 3. The quantitative estimate of drug-likeness (QED) is 0.568. The second kappa shape index (κ2) is 7.63. The van der Waals surface area contributed by atoms with Crippen LogP contribution in [0.5, 0.6) is 0 Å². The molecule has 1 aliphatic rings. The second-order valence-electron chi connectivity index (χ2n) is 6.84. The number of para-hydroxylation sites is 1. The smallest absolute Gasteiger partial charge is 0.323 e. The summed E-state index contributed by atoms with van der Waals surface area (Å²) < 4.78 is 1.66. The third kappa shape index (κ3) is 4.17. The van der Waals surface area contributed by atoms with Crippen LogP contribution in [0, 0.1) is 0 Å². The van der Waals surface area contributed by atoms with Gasteiger partial charge in [-0.3, -0.25) is 0 Å². The van der Waals surface area contributed by atoms with Gasteiger partial charge in [0, 0.05) is 36.2 Å². The first-order chi connectivity index (χ1) is 13.2. The molecule has 140 valence electrons. The van der Waals surface area contributed by atoms with Gasteiger partial charge in [-0.25, -0.2) is 14.3 Å². The van der Waals surface area contributed by atoms with Crippen molar-refractivity contribution in [2.45, 2.75) is 37.8 Å². The first kappa shape index (κ1) is 17.3. The zero-order valence-corrected chi connectivity index (χ0v) is 14.9. The molecule has 1 aromatic carbocycles. The summed E-state index contributed by atoms with van der Waals surface area (Å²) in [5, 5.41) is 13.7. The van der Waals surface area contributed by atoms with E-state index in [4.69, 9.17) is 5.73 Å². The van der Waals surface area contributed by atoms with Gasteiger partial charge in [-0.1, -0.05) is 18.2 Å². The summed E-state index contributed by atoms with van der Waals surface area (Å²) in [4.78, 5) is 16.7. The molecule has 0 unspecified atom stereocenters. The van der Waals surface area contributed by atoms with E-state index >= 15 is 0 Å².